The minimum atomic E-state index is -0.592. The van der Waals surface area contributed by atoms with Crippen LogP contribution in [-0.2, 0) is 6.54 Å². The molecule has 0 aliphatic heterocycles. The van der Waals surface area contributed by atoms with Gasteiger partial charge in [0.15, 0.2) is 0 Å². The largest absolute Gasteiger partial charge is 0.497 e. The summed E-state index contributed by atoms with van der Waals surface area (Å²) in [6.45, 7) is 6.06. The maximum Gasteiger partial charge on any atom is 0.255 e. The number of carbonyl (C=O) groups excluding carboxylic acids is 1. The van der Waals surface area contributed by atoms with Crippen molar-refractivity contribution >= 4 is 11.9 Å². The van der Waals surface area contributed by atoms with Gasteiger partial charge in [-0.2, -0.15) is 9.67 Å². The van der Waals surface area contributed by atoms with Gasteiger partial charge in [0.05, 0.1) is 7.11 Å². The second-order valence-electron chi connectivity index (χ2n) is 7.14. The standard InChI is InChI=1S/C20H23N5O2/c1-20(2,3)18(26)25-19(22-13-14-8-10-15(27-4)11-9-14)23-17(24-25)16-7-5-6-12-21-16/h5-12H,13H2,1-4H3,(H,22,23,24). The summed E-state index contributed by atoms with van der Waals surface area (Å²) in [7, 11) is 1.63. The Hall–Kier alpha value is -3.22. The molecule has 0 radical (unpaired) electrons. The predicted molar refractivity (Wildman–Crippen MR) is 104 cm³/mol. The van der Waals surface area contributed by atoms with Crippen LogP contribution in [-0.4, -0.2) is 32.8 Å². The molecule has 0 spiro atoms. The summed E-state index contributed by atoms with van der Waals surface area (Å²) in [6.07, 6.45) is 1.67. The van der Waals surface area contributed by atoms with Gasteiger partial charge < -0.3 is 10.1 Å². The first-order chi connectivity index (χ1) is 12.9. The fourth-order valence-electron chi connectivity index (χ4n) is 2.41. The number of nitrogens with zero attached hydrogens (tertiary/aromatic N) is 4. The van der Waals surface area contributed by atoms with Gasteiger partial charge in [0.2, 0.25) is 11.8 Å². The molecule has 0 atom stereocenters. The zero-order valence-corrected chi connectivity index (χ0v) is 15.9. The molecule has 0 unspecified atom stereocenters. The van der Waals surface area contributed by atoms with Crippen molar-refractivity contribution in [3.8, 4) is 17.3 Å². The zero-order valence-electron chi connectivity index (χ0n) is 15.9. The molecule has 3 aromatic rings. The van der Waals surface area contributed by atoms with Gasteiger partial charge in [-0.3, -0.25) is 9.78 Å². The van der Waals surface area contributed by atoms with Crippen LogP contribution in [0.1, 0.15) is 31.1 Å². The second kappa shape index (κ2) is 7.57. The third-order valence-corrected chi connectivity index (χ3v) is 3.94. The van der Waals surface area contributed by atoms with E-state index in [2.05, 4.69) is 20.4 Å². The van der Waals surface area contributed by atoms with Crippen molar-refractivity contribution in [1.82, 2.24) is 19.7 Å². The zero-order chi connectivity index (χ0) is 19.4. The number of hydrogen-bond acceptors (Lipinski definition) is 6. The minimum absolute atomic E-state index is 0.144. The summed E-state index contributed by atoms with van der Waals surface area (Å²) < 4.78 is 6.50. The van der Waals surface area contributed by atoms with E-state index in [1.54, 1.807) is 13.3 Å². The number of benzene rings is 1. The molecular weight excluding hydrogens is 342 g/mol. The highest BCUT2D eigenvalue weighted by Gasteiger charge is 2.28. The summed E-state index contributed by atoms with van der Waals surface area (Å²) >= 11 is 0. The Morgan fingerprint density at radius 2 is 1.89 bits per heavy atom. The maximum absolute atomic E-state index is 12.8. The highest BCUT2D eigenvalue weighted by molar-refractivity contribution is 5.85. The Morgan fingerprint density at radius 3 is 2.48 bits per heavy atom. The molecule has 0 aliphatic rings. The van der Waals surface area contributed by atoms with Crippen LogP contribution in [0, 0.1) is 5.41 Å². The topological polar surface area (TPSA) is 81.9 Å². The smallest absolute Gasteiger partial charge is 0.255 e. The lowest BCUT2D eigenvalue weighted by atomic mass is 9.96. The molecule has 2 aromatic heterocycles. The van der Waals surface area contributed by atoms with Crippen molar-refractivity contribution in [2.24, 2.45) is 5.41 Å². The quantitative estimate of drug-likeness (QED) is 0.743. The number of carbonyl (C=O) groups is 1. The molecule has 0 fully saturated rings. The summed E-state index contributed by atoms with van der Waals surface area (Å²) in [4.78, 5) is 21.6. The SMILES string of the molecule is COc1ccc(CNc2nc(-c3ccccn3)nn2C(=O)C(C)(C)C)cc1. The van der Waals surface area contributed by atoms with E-state index in [-0.39, 0.29) is 5.91 Å². The monoisotopic (exact) mass is 365 g/mol. The van der Waals surface area contributed by atoms with Gasteiger partial charge in [0.1, 0.15) is 11.4 Å². The van der Waals surface area contributed by atoms with Gasteiger partial charge in [-0.15, -0.1) is 5.10 Å². The number of methoxy groups -OCH3 is 1. The maximum atomic E-state index is 12.8. The second-order valence-corrected chi connectivity index (χ2v) is 7.14. The molecular formula is C20H23N5O2. The summed E-state index contributed by atoms with van der Waals surface area (Å²) in [6, 6.07) is 13.2. The lowest BCUT2D eigenvalue weighted by Gasteiger charge is -2.17. The van der Waals surface area contributed by atoms with Crippen molar-refractivity contribution in [3.05, 3.63) is 54.2 Å². The molecule has 2 heterocycles. The first-order valence-corrected chi connectivity index (χ1v) is 8.68. The van der Waals surface area contributed by atoms with Crippen molar-refractivity contribution in [2.75, 3.05) is 12.4 Å². The Kier molecular flexibility index (Phi) is 5.21. The van der Waals surface area contributed by atoms with E-state index in [1.807, 2.05) is 63.2 Å². The first-order valence-electron chi connectivity index (χ1n) is 8.68. The number of hydrogen-bond donors (Lipinski definition) is 1. The first kappa shape index (κ1) is 18.6. The Balaban J connectivity index is 1.89. The Morgan fingerprint density at radius 1 is 1.15 bits per heavy atom. The summed E-state index contributed by atoms with van der Waals surface area (Å²) in [5, 5.41) is 7.61. The van der Waals surface area contributed by atoms with Crippen LogP contribution >= 0.6 is 0 Å². The Bertz CT molecular complexity index is 912. The van der Waals surface area contributed by atoms with Crippen molar-refractivity contribution < 1.29 is 9.53 Å². The average molecular weight is 365 g/mol. The van der Waals surface area contributed by atoms with Crippen LogP contribution in [0.3, 0.4) is 0 Å². The number of ether oxygens (including phenoxy) is 1. The van der Waals surface area contributed by atoms with Gasteiger partial charge in [-0.1, -0.05) is 39.0 Å². The van der Waals surface area contributed by atoms with Crippen LogP contribution in [0.2, 0.25) is 0 Å². The van der Waals surface area contributed by atoms with Crippen LogP contribution < -0.4 is 10.1 Å². The van der Waals surface area contributed by atoms with Gasteiger partial charge in [0, 0.05) is 18.2 Å². The van der Waals surface area contributed by atoms with Crippen LogP contribution in [0.25, 0.3) is 11.5 Å². The molecule has 140 valence electrons. The Labute approximate surface area is 158 Å². The number of pyridine rings is 1. The molecule has 0 aliphatic carbocycles. The molecule has 1 N–H and O–H groups in total. The number of nitrogens with one attached hydrogen (secondary N) is 1. The molecule has 0 amide bonds. The molecule has 1 aromatic carbocycles. The van der Waals surface area contributed by atoms with Gasteiger partial charge >= 0.3 is 0 Å². The number of anilines is 1. The van der Waals surface area contributed by atoms with E-state index in [4.69, 9.17) is 4.74 Å². The van der Waals surface area contributed by atoms with E-state index in [0.717, 1.165) is 11.3 Å². The predicted octanol–water partition coefficient (Wildman–Crippen LogP) is 3.65. The van der Waals surface area contributed by atoms with E-state index >= 15 is 0 Å². The van der Waals surface area contributed by atoms with Crippen molar-refractivity contribution in [2.45, 2.75) is 27.3 Å². The van der Waals surface area contributed by atoms with Gasteiger partial charge in [0.25, 0.3) is 5.91 Å². The molecule has 3 rings (SSSR count). The van der Waals surface area contributed by atoms with E-state index < -0.39 is 5.41 Å². The third kappa shape index (κ3) is 4.31. The van der Waals surface area contributed by atoms with Crippen molar-refractivity contribution in [1.29, 1.82) is 0 Å². The molecule has 0 saturated heterocycles. The normalized spacial score (nSPS) is 11.3. The lowest BCUT2D eigenvalue weighted by molar-refractivity contribution is 0.0752. The number of aromatic nitrogens is 4. The summed E-state index contributed by atoms with van der Waals surface area (Å²) in [5.41, 5.74) is 1.06. The highest BCUT2D eigenvalue weighted by atomic mass is 16.5. The summed E-state index contributed by atoms with van der Waals surface area (Å²) in [5.74, 6) is 1.45. The molecule has 27 heavy (non-hydrogen) atoms. The molecule has 0 bridgehead atoms. The number of rotatable bonds is 5. The molecule has 7 nitrogen and oxygen atoms in total. The van der Waals surface area contributed by atoms with Crippen molar-refractivity contribution in [3.63, 3.8) is 0 Å². The van der Waals surface area contributed by atoms with E-state index in [1.165, 1.54) is 4.68 Å². The van der Waals surface area contributed by atoms with E-state index in [0.29, 0.717) is 24.0 Å². The van der Waals surface area contributed by atoms with Crippen LogP contribution in [0.15, 0.2) is 48.7 Å². The van der Waals surface area contributed by atoms with Gasteiger partial charge in [-0.25, -0.2) is 0 Å². The fourth-order valence-corrected chi connectivity index (χ4v) is 2.41. The van der Waals surface area contributed by atoms with Crippen LogP contribution in [0.4, 0.5) is 5.95 Å². The lowest BCUT2D eigenvalue weighted by Crippen LogP contribution is -2.29. The molecule has 0 saturated carbocycles. The minimum Gasteiger partial charge on any atom is -0.497 e. The molecule has 7 heteroatoms. The third-order valence-electron chi connectivity index (χ3n) is 3.94. The van der Waals surface area contributed by atoms with Gasteiger partial charge in [-0.05, 0) is 29.8 Å². The average Bonchev–Trinajstić information content (AvgIpc) is 3.10. The van der Waals surface area contributed by atoms with E-state index in [9.17, 15) is 4.79 Å². The highest BCUT2D eigenvalue weighted by Crippen LogP contribution is 2.22. The fraction of sp³-hybridized carbons (Fsp3) is 0.300. The van der Waals surface area contributed by atoms with Crippen LogP contribution in [0.5, 0.6) is 5.75 Å².